The van der Waals surface area contributed by atoms with Crippen LogP contribution in [0.1, 0.15) is 17.8 Å². The van der Waals surface area contributed by atoms with E-state index in [4.69, 9.17) is 0 Å². The summed E-state index contributed by atoms with van der Waals surface area (Å²) in [6.07, 6.45) is 3.78. The summed E-state index contributed by atoms with van der Waals surface area (Å²) < 4.78 is 14.6. The van der Waals surface area contributed by atoms with Crippen LogP contribution in [0.4, 0.5) is 4.39 Å². The van der Waals surface area contributed by atoms with Crippen LogP contribution in [0.25, 0.3) is 5.78 Å². The Kier molecular flexibility index (Phi) is 3.69. The largest absolute Gasteiger partial charge is 0.383 e. The van der Waals surface area contributed by atoms with Crippen LogP contribution in [0.3, 0.4) is 0 Å². The molecule has 1 N–H and O–H groups in total. The van der Waals surface area contributed by atoms with Crippen LogP contribution in [0.2, 0.25) is 0 Å². The number of β-amino-alcohol motifs (C(OH)–C–C–N with tert-alkyl or cyclic N) is 1. The zero-order valence-corrected chi connectivity index (χ0v) is 13.3. The van der Waals surface area contributed by atoms with Gasteiger partial charge in [0.2, 0.25) is 5.91 Å². The van der Waals surface area contributed by atoms with Crippen molar-refractivity contribution in [2.45, 2.75) is 18.4 Å². The lowest BCUT2D eigenvalue weighted by Gasteiger charge is -2.23. The second kappa shape index (κ2) is 5.89. The van der Waals surface area contributed by atoms with Gasteiger partial charge in [-0.1, -0.05) is 12.1 Å². The monoisotopic (exact) mass is 341 g/mol. The van der Waals surface area contributed by atoms with Crippen LogP contribution >= 0.6 is 0 Å². The normalized spacial score (nSPS) is 20.3. The molecular weight excluding hydrogens is 325 g/mol. The minimum atomic E-state index is -1.16. The molecule has 1 fully saturated rings. The highest BCUT2D eigenvalue weighted by Gasteiger charge is 2.39. The van der Waals surface area contributed by atoms with Crippen LogP contribution in [0, 0.1) is 5.82 Å². The molecule has 2 aromatic heterocycles. The molecule has 0 bridgehead atoms. The van der Waals surface area contributed by atoms with E-state index in [0.717, 1.165) is 0 Å². The zero-order chi connectivity index (χ0) is 17.4. The SMILES string of the molecule is O=C(Cc1nc2ncccn2n1)N1CCC(O)(c2ccc(F)cc2)C1. The van der Waals surface area contributed by atoms with Gasteiger partial charge in [-0.15, -0.1) is 5.10 Å². The van der Waals surface area contributed by atoms with Crippen LogP contribution in [0.15, 0.2) is 42.7 Å². The molecule has 1 unspecified atom stereocenters. The van der Waals surface area contributed by atoms with E-state index in [1.54, 1.807) is 35.5 Å². The lowest BCUT2D eigenvalue weighted by molar-refractivity contribution is -0.130. The maximum atomic E-state index is 13.1. The predicted molar refractivity (Wildman–Crippen MR) is 86.0 cm³/mol. The van der Waals surface area contributed by atoms with E-state index < -0.39 is 5.60 Å². The number of likely N-dealkylation sites (tertiary alicyclic amines) is 1. The molecule has 4 rings (SSSR count). The highest BCUT2D eigenvalue weighted by Crippen LogP contribution is 2.32. The van der Waals surface area contributed by atoms with Crippen molar-refractivity contribution in [1.82, 2.24) is 24.5 Å². The Labute approximate surface area is 142 Å². The molecule has 3 aromatic rings. The summed E-state index contributed by atoms with van der Waals surface area (Å²) in [5.74, 6) is 0.314. The third-order valence-electron chi connectivity index (χ3n) is 4.45. The number of nitrogens with zero attached hydrogens (tertiary/aromatic N) is 5. The van der Waals surface area contributed by atoms with Gasteiger partial charge in [-0.2, -0.15) is 4.98 Å². The third-order valence-corrected chi connectivity index (χ3v) is 4.45. The number of benzene rings is 1. The summed E-state index contributed by atoms with van der Waals surface area (Å²) >= 11 is 0. The minimum absolute atomic E-state index is 0.0445. The lowest BCUT2D eigenvalue weighted by atomic mass is 9.93. The van der Waals surface area contributed by atoms with Crippen LogP contribution in [-0.2, 0) is 16.8 Å². The molecule has 7 nitrogen and oxygen atoms in total. The topological polar surface area (TPSA) is 83.6 Å². The number of amides is 1. The van der Waals surface area contributed by atoms with Gasteiger partial charge in [0.05, 0.1) is 13.0 Å². The van der Waals surface area contributed by atoms with E-state index in [9.17, 15) is 14.3 Å². The Hall–Kier alpha value is -2.87. The summed E-state index contributed by atoms with van der Waals surface area (Å²) in [4.78, 5) is 22.4. The van der Waals surface area contributed by atoms with E-state index in [-0.39, 0.29) is 24.7 Å². The molecule has 1 aliphatic rings. The number of fused-ring (bicyclic) bond motifs is 1. The second-order valence-corrected chi connectivity index (χ2v) is 6.17. The van der Waals surface area contributed by atoms with Gasteiger partial charge in [0.1, 0.15) is 11.4 Å². The highest BCUT2D eigenvalue weighted by atomic mass is 19.1. The first-order valence-corrected chi connectivity index (χ1v) is 7.96. The first kappa shape index (κ1) is 15.6. The van der Waals surface area contributed by atoms with Crippen molar-refractivity contribution in [2.24, 2.45) is 0 Å². The van der Waals surface area contributed by atoms with Crippen molar-refractivity contribution in [3.63, 3.8) is 0 Å². The molecular formula is C17H16FN5O2. The predicted octanol–water partition coefficient (Wildman–Crippen LogP) is 0.926. The molecule has 1 amide bonds. The Morgan fingerprint density at radius 2 is 2.12 bits per heavy atom. The molecule has 1 aromatic carbocycles. The van der Waals surface area contributed by atoms with Gasteiger partial charge < -0.3 is 10.0 Å². The molecule has 3 heterocycles. The quantitative estimate of drug-likeness (QED) is 0.766. The van der Waals surface area contributed by atoms with Crippen molar-refractivity contribution in [2.75, 3.05) is 13.1 Å². The molecule has 0 aliphatic carbocycles. The summed E-state index contributed by atoms with van der Waals surface area (Å²) in [7, 11) is 0. The van der Waals surface area contributed by atoms with Gasteiger partial charge in [-0.05, 0) is 30.2 Å². The van der Waals surface area contributed by atoms with E-state index in [1.807, 2.05) is 0 Å². The van der Waals surface area contributed by atoms with Crippen LogP contribution in [-0.4, -0.2) is 48.6 Å². The fraction of sp³-hybridized carbons (Fsp3) is 0.294. The molecule has 25 heavy (non-hydrogen) atoms. The number of carbonyl (C=O) groups is 1. The summed E-state index contributed by atoms with van der Waals surface area (Å²) in [5, 5.41) is 15.0. The minimum Gasteiger partial charge on any atom is -0.383 e. The van der Waals surface area contributed by atoms with Gasteiger partial charge in [-0.25, -0.2) is 13.9 Å². The summed E-state index contributed by atoms with van der Waals surface area (Å²) in [6, 6.07) is 7.46. The Balaban J connectivity index is 1.47. The number of halogens is 1. The van der Waals surface area contributed by atoms with E-state index in [2.05, 4.69) is 15.1 Å². The van der Waals surface area contributed by atoms with Crippen molar-refractivity contribution >= 4 is 11.7 Å². The van der Waals surface area contributed by atoms with Gasteiger partial charge in [0.25, 0.3) is 5.78 Å². The number of aromatic nitrogens is 4. The number of hydrogen-bond acceptors (Lipinski definition) is 5. The van der Waals surface area contributed by atoms with Crippen molar-refractivity contribution in [3.8, 4) is 0 Å². The summed E-state index contributed by atoms with van der Waals surface area (Å²) in [6.45, 7) is 0.599. The fourth-order valence-electron chi connectivity index (χ4n) is 3.10. The number of aliphatic hydroxyl groups is 1. The lowest BCUT2D eigenvalue weighted by Crippen LogP contribution is -2.35. The zero-order valence-electron chi connectivity index (χ0n) is 13.3. The molecule has 0 spiro atoms. The van der Waals surface area contributed by atoms with Gasteiger partial charge in [0, 0.05) is 18.9 Å². The third kappa shape index (κ3) is 2.96. The van der Waals surface area contributed by atoms with Crippen LogP contribution < -0.4 is 0 Å². The first-order chi connectivity index (χ1) is 12.0. The van der Waals surface area contributed by atoms with Crippen molar-refractivity contribution in [1.29, 1.82) is 0 Å². The average Bonchev–Trinajstić information content (AvgIpc) is 3.19. The molecule has 1 aliphatic heterocycles. The molecule has 8 heteroatoms. The van der Waals surface area contributed by atoms with Gasteiger partial charge in [-0.3, -0.25) is 4.79 Å². The number of carbonyl (C=O) groups excluding carboxylic acids is 1. The van der Waals surface area contributed by atoms with E-state index in [0.29, 0.717) is 30.1 Å². The van der Waals surface area contributed by atoms with Gasteiger partial charge >= 0.3 is 0 Å². The standard InChI is InChI=1S/C17H16FN5O2/c18-13-4-2-12(3-5-13)17(25)6-9-22(11-17)15(24)10-14-20-16-19-7-1-8-23(16)21-14/h1-5,7-8,25H,6,9-11H2. The average molecular weight is 341 g/mol. The molecule has 0 saturated carbocycles. The first-order valence-electron chi connectivity index (χ1n) is 7.96. The molecule has 0 radical (unpaired) electrons. The van der Waals surface area contributed by atoms with Gasteiger partial charge in [0.15, 0.2) is 5.82 Å². The Morgan fingerprint density at radius 3 is 2.88 bits per heavy atom. The Bertz CT molecular complexity index is 893. The second-order valence-electron chi connectivity index (χ2n) is 6.17. The highest BCUT2D eigenvalue weighted by molar-refractivity contribution is 5.78. The number of rotatable bonds is 3. The summed E-state index contributed by atoms with van der Waals surface area (Å²) in [5.41, 5.74) is -0.545. The van der Waals surface area contributed by atoms with Crippen LogP contribution in [0.5, 0.6) is 0 Å². The Morgan fingerprint density at radius 1 is 1.32 bits per heavy atom. The molecule has 1 atom stereocenters. The van der Waals surface area contributed by atoms with E-state index in [1.165, 1.54) is 16.6 Å². The number of hydrogen-bond donors (Lipinski definition) is 1. The molecule has 128 valence electrons. The molecule has 1 saturated heterocycles. The fourth-order valence-corrected chi connectivity index (χ4v) is 3.10. The maximum absolute atomic E-state index is 13.1. The maximum Gasteiger partial charge on any atom is 0.252 e. The smallest absolute Gasteiger partial charge is 0.252 e. The van der Waals surface area contributed by atoms with E-state index >= 15 is 0 Å². The van der Waals surface area contributed by atoms with Crippen molar-refractivity contribution < 1.29 is 14.3 Å². The van der Waals surface area contributed by atoms with Crippen molar-refractivity contribution in [3.05, 3.63) is 59.9 Å².